The summed E-state index contributed by atoms with van der Waals surface area (Å²) in [7, 11) is 0. The van der Waals surface area contributed by atoms with Gasteiger partial charge in [0.1, 0.15) is 0 Å². The second-order valence-corrected chi connectivity index (χ2v) is 9.03. The summed E-state index contributed by atoms with van der Waals surface area (Å²) < 4.78 is 9.51. The van der Waals surface area contributed by atoms with Crippen molar-refractivity contribution in [1.82, 2.24) is 9.97 Å². The molecule has 0 aliphatic heterocycles. The molecule has 1 aromatic rings. The SMILES string of the molecule is Cc1cnc(=O)[nH]c1C.O=P(Cl)(Cl)Cl. The Labute approximate surface area is 95.3 Å². The standard InChI is InChI=1S/C6H8N2O.Cl3OP/c1-4-3-7-6(9)8-5(4)2;1-5(2,3)4/h3H,1-2H3,(H,7,8,9);. The quantitative estimate of drug-likeness (QED) is 0.741. The Morgan fingerprint density at radius 1 is 1.36 bits per heavy atom. The highest BCUT2D eigenvalue weighted by molar-refractivity contribution is 8.24. The monoisotopic (exact) mass is 276 g/mol. The molecular weight excluding hydrogens is 269 g/mol. The van der Waals surface area contributed by atoms with Crippen LogP contribution in [-0.2, 0) is 4.57 Å². The molecule has 0 aliphatic rings. The summed E-state index contributed by atoms with van der Waals surface area (Å²) >= 11 is 13.8. The molecule has 0 bridgehead atoms. The lowest BCUT2D eigenvalue weighted by molar-refractivity contribution is 0.600. The number of nitrogens with zero attached hydrogens (tertiary/aromatic N) is 1. The zero-order valence-electron chi connectivity index (χ0n) is 7.42. The summed E-state index contributed by atoms with van der Waals surface area (Å²) in [4.78, 5) is 16.6. The molecule has 14 heavy (non-hydrogen) atoms. The Kier molecular flexibility index (Phi) is 5.75. The first-order valence-corrected chi connectivity index (χ1v) is 7.84. The number of rotatable bonds is 0. The maximum Gasteiger partial charge on any atom is 0.345 e. The second kappa shape index (κ2) is 5.76. The van der Waals surface area contributed by atoms with Gasteiger partial charge in [-0.25, -0.2) is 9.78 Å². The van der Waals surface area contributed by atoms with Crippen LogP contribution in [0.15, 0.2) is 11.0 Å². The minimum atomic E-state index is -3.22. The largest absolute Gasteiger partial charge is 0.345 e. The molecule has 8 heteroatoms. The van der Waals surface area contributed by atoms with Crippen molar-refractivity contribution in [3.05, 3.63) is 27.9 Å². The van der Waals surface area contributed by atoms with Gasteiger partial charge < -0.3 is 4.98 Å². The first-order valence-electron chi connectivity index (χ1n) is 3.41. The van der Waals surface area contributed by atoms with Gasteiger partial charge in [-0.1, -0.05) is 0 Å². The molecular formula is C6H8Cl3N2O2P. The van der Waals surface area contributed by atoms with E-state index in [1.165, 1.54) is 0 Å². The fraction of sp³-hybridized carbons (Fsp3) is 0.333. The minimum absolute atomic E-state index is 0.280. The third kappa shape index (κ3) is 8.57. The van der Waals surface area contributed by atoms with Crippen LogP contribution in [0.4, 0.5) is 0 Å². The summed E-state index contributed by atoms with van der Waals surface area (Å²) in [6.07, 6.45) is 1.56. The number of hydrogen-bond donors (Lipinski definition) is 1. The molecule has 0 aliphatic carbocycles. The van der Waals surface area contributed by atoms with Crippen LogP contribution in [0, 0.1) is 13.8 Å². The average molecular weight is 277 g/mol. The summed E-state index contributed by atoms with van der Waals surface area (Å²) in [5, 5.41) is -3.22. The fourth-order valence-electron chi connectivity index (χ4n) is 0.544. The lowest BCUT2D eigenvalue weighted by Gasteiger charge is -1.93. The molecule has 0 aromatic carbocycles. The molecule has 0 radical (unpaired) electrons. The summed E-state index contributed by atoms with van der Waals surface area (Å²) in [5.74, 6) is 0. The topological polar surface area (TPSA) is 62.8 Å². The van der Waals surface area contributed by atoms with E-state index < -0.39 is 5.20 Å². The number of hydrogen-bond acceptors (Lipinski definition) is 3. The molecule has 1 N–H and O–H groups in total. The van der Waals surface area contributed by atoms with Gasteiger partial charge in [-0.05, 0) is 53.1 Å². The zero-order valence-corrected chi connectivity index (χ0v) is 10.6. The number of nitrogens with one attached hydrogen (secondary N) is 1. The summed E-state index contributed by atoms with van der Waals surface area (Å²) in [6.45, 7) is 3.75. The first kappa shape index (κ1) is 14.0. The zero-order chi connectivity index (χ0) is 11.4. The van der Waals surface area contributed by atoms with E-state index in [0.29, 0.717) is 0 Å². The number of aromatic amines is 1. The van der Waals surface area contributed by atoms with E-state index in [4.69, 9.17) is 0 Å². The molecule has 0 spiro atoms. The second-order valence-electron chi connectivity index (χ2n) is 2.40. The highest BCUT2D eigenvalue weighted by atomic mass is 36.0. The molecule has 0 saturated carbocycles. The van der Waals surface area contributed by atoms with Gasteiger partial charge in [0, 0.05) is 11.9 Å². The van der Waals surface area contributed by atoms with Crippen molar-refractivity contribution in [1.29, 1.82) is 0 Å². The Bertz CT molecular complexity index is 392. The lowest BCUT2D eigenvalue weighted by atomic mass is 10.3. The molecule has 0 atom stereocenters. The Hall–Kier alpha value is -0.0200. The number of aromatic nitrogens is 2. The molecule has 0 saturated heterocycles. The molecule has 80 valence electrons. The van der Waals surface area contributed by atoms with E-state index >= 15 is 0 Å². The van der Waals surface area contributed by atoms with Crippen molar-refractivity contribution < 1.29 is 4.57 Å². The number of halogens is 3. The van der Waals surface area contributed by atoms with Gasteiger partial charge in [-0.3, -0.25) is 4.57 Å². The maximum absolute atomic E-state index is 10.5. The summed E-state index contributed by atoms with van der Waals surface area (Å²) in [5.41, 5.74) is 1.61. The van der Waals surface area contributed by atoms with Crippen LogP contribution in [0.1, 0.15) is 11.3 Å². The van der Waals surface area contributed by atoms with Crippen molar-refractivity contribution in [2.45, 2.75) is 13.8 Å². The van der Waals surface area contributed by atoms with Gasteiger partial charge in [-0.15, -0.1) is 0 Å². The van der Waals surface area contributed by atoms with Gasteiger partial charge in [0.25, 0.3) is 0 Å². The molecule has 0 unspecified atom stereocenters. The van der Waals surface area contributed by atoms with Crippen molar-refractivity contribution in [2.24, 2.45) is 0 Å². The van der Waals surface area contributed by atoms with Gasteiger partial charge >= 0.3 is 10.9 Å². The molecule has 1 heterocycles. The van der Waals surface area contributed by atoms with Gasteiger partial charge in [0.05, 0.1) is 0 Å². The van der Waals surface area contributed by atoms with Crippen molar-refractivity contribution >= 4 is 38.9 Å². The van der Waals surface area contributed by atoms with Crippen molar-refractivity contribution in [2.75, 3.05) is 0 Å². The predicted octanol–water partition coefficient (Wildman–Crippen LogP) is 3.20. The van der Waals surface area contributed by atoms with E-state index in [-0.39, 0.29) is 5.69 Å². The van der Waals surface area contributed by atoms with E-state index in [0.717, 1.165) is 11.3 Å². The third-order valence-electron chi connectivity index (χ3n) is 1.26. The fourth-order valence-corrected chi connectivity index (χ4v) is 0.544. The smallest absolute Gasteiger partial charge is 0.310 e. The molecule has 1 rings (SSSR count). The predicted molar refractivity (Wildman–Crippen MR) is 59.5 cm³/mol. The van der Waals surface area contributed by atoms with Crippen molar-refractivity contribution in [3.63, 3.8) is 0 Å². The Morgan fingerprint density at radius 3 is 2.07 bits per heavy atom. The minimum Gasteiger partial charge on any atom is -0.310 e. The first-order chi connectivity index (χ1) is 6.20. The number of H-pyrrole nitrogens is 1. The van der Waals surface area contributed by atoms with E-state index in [2.05, 4.69) is 43.7 Å². The van der Waals surface area contributed by atoms with Crippen molar-refractivity contribution in [3.8, 4) is 0 Å². The Balaban J connectivity index is 0.000000292. The molecule has 0 fully saturated rings. The highest BCUT2D eigenvalue weighted by Gasteiger charge is 2.02. The normalized spacial score (nSPS) is 10.4. The average Bonchev–Trinajstić information content (AvgIpc) is 1.94. The van der Waals surface area contributed by atoms with Crippen LogP contribution in [-0.4, -0.2) is 9.97 Å². The van der Waals surface area contributed by atoms with Gasteiger partial charge in [0.2, 0.25) is 0 Å². The van der Waals surface area contributed by atoms with Gasteiger partial charge in [0.15, 0.2) is 0 Å². The van der Waals surface area contributed by atoms with E-state index in [1.807, 2.05) is 13.8 Å². The van der Waals surface area contributed by atoms with Crippen LogP contribution in [0.3, 0.4) is 0 Å². The third-order valence-corrected chi connectivity index (χ3v) is 1.26. The summed E-state index contributed by atoms with van der Waals surface area (Å²) in [6, 6.07) is 0. The van der Waals surface area contributed by atoms with Crippen LogP contribution >= 0.6 is 38.9 Å². The molecule has 1 aromatic heterocycles. The van der Waals surface area contributed by atoms with Crippen LogP contribution < -0.4 is 5.69 Å². The van der Waals surface area contributed by atoms with Crippen LogP contribution in [0.2, 0.25) is 0 Å². The highest BCUT2D eigenvalue weighted by Crippen LogP contribution is 2.61. The lowest BCUT2D eigenvalue weighted by Crippen LogP contribution is -2.11. The molecule has 4 nitrogen and oxygen atoms in total. The van der Waals surface area contributed by atoms with Gasteiger partial charge in [-0.2, -0.15) is 0 Å². The van der Waals surface area contributed by atoms with Crippen LogP contribution in [0.5, 0.6) is 0 Å². The Morgan fingerprint density at radius 2 is 1.79 bits per heavy atom. The number of aryl methyl sites for hydroxylation is 2. The maximum atomic E-state index is 10.5. The van der Waals surface area contributed by atoms with Crippen LogP contribution in [0.25, 0.3) is 0 Å². The van der Waals surface area contributed by atoms with E-state index in [9.17, 15) is 9.36 Å². The van der Waals surface area contributed by atoms with E-state index in [1.54, 1.807) is 6.20 Å². The molecule has 0 amide bonds.